The monoisotopic (exact) mass is 328 g/mol. The summed E-state index contributed by atoms with van der Waals surface area (Å²) < 4.78 is 1.26. The van der Waals surface area contributed by atoms with Gasteiger partial charge in [0.05, 0.1) is 6.33 Å². The maximum Gasteiger partial charge on any atom is 0.253 e. The van der Waals surface area contributed by atoms with Crippen LogP contribution in [0.5, 0.6) is 0 Å². The van der Waals surface area contributed by atoms with Crippen LogP contribution in [0.2, 0.25) is 0 Å². The first kappa shape index (κ1) is 17.4. The van der Waals surface area contributed by atoms with E-state index in [1.54, 1.807) is 24.3 Å². The van der Waals surface area contributed by atoms with E-state index < -0.39 is 0 Å². The highest BCUT2D eigenvalue weighted by Crippen LogP contribution is 2.15. The molecule has 0 fully saturated rings. The fourth-order valence-electron chi connectivity index (χ4n) is 2.21. The first-order valence-electron chi connectivity index (χ1n) is 7.71. The lowest BCUT2D eigenvalue weighted by Crippen LogP contribution is -2.27. The molecule has 0 spiro atoms. The molecule has 2 amide bonds. The Kier molecular flexibility index (Phi) is 5.83. The van der Waals surface area contributed by atoms with Crippen LogP contribution < -0.4 is 16.2 Å². The van der Waals surface area contributed by atoms with E-state index in [0.29, 0.717) is 11.4 Å². The largest absolute Gasteiger partial charge is 0.326 e. The van der Waals surface area contributed by atoms with Gasteiger partial charge in [-0.25, -0.2) is 4.98 Å². The van der Waals surface area contributed by atoms with E-state index >= 15 is 0 Å². The number of aryl methyl sites for hydroxylation is 1. The molecule has 24 heavy (non-hydrogen) atoms. The van der Waals surface area contributed by atoms with Crippen LogP contribution in [-0.4, -0.2) is 21.4 Å². The van der Waals surface area contributed by atoms with Gasteiger partial charge in [0.2, 0.25) is 11.8 Å². The van der Waals surface area contributed by atoms with Crippen LogP contribution >= 0.6 is 0 Å². The zero-order chi connectivity index (χ0) is 17.5. The van der Waals surface area contributed by atoms with Crippen molar-refractivity contribution in [2.24, 2.45) is 0 Å². The van der Waals surface area contributed by atoms with Crippen molar-refractivity contribution in [1.29, 1.82) is 0 Å². The highest BCUT2D eigenvalue weighted by atomic mass is 16.2. The van der Waals surface area contributed by atoms with Crippen molar-refractivity contribution in [3.8, 4) is 0 Å². The summed E-state index contributed by atoms with van der Waals surface area (Å²) in [5.74, 6) is -0.537. The average Bonchev–Trinajstić information content (AvgIpc) is 2.50. The lowest BCUT2D eigenvalue weighted by atomic mass is 10.2. The molecular formula is C17H20N4O3. The lowest BCUT2D eigenvalue weighted by molar-refractivity contribution is -0.117. The van der Waals surface area contributed by atoms with Gasteiger partial charge in [-0.05, 0) is 24.6 Å². The van der Waals surface area contributed by atoms with Gasteiger partial charge in [-0.3, -0.25) is 19.0 Å². The molecule has 0 unspecified atom stereocenters. The number of amides is 2. The van der Waals surface area contributed by atoms with Gasteiger partial charge in [0.1, 0.15) is 6.54 Å². The summed E-state index contributed by atoms with van der Waals surface area (Å²) in [5, 5.41) is 5.33. The van der Waals surface area contributed by atoms with Gasteiger partial charge in [-0.2, -0.15) is 0 Å². The van der Waals surface area contributed by atoms with Crippen molar-refractivity contribution in [2.45, 2.75) is 33.2 Å². The maximum atomic E-state index is 12.1. The molecule has 126 valence electrons. The number of rotatable bonds is 6. The fourth-order valence-corrected chi connectivity index (χ4v) is 2.21. The van der Waals surface area contributed by atoms with E-state index in [-0.39, 0.29) is 23.9 Å². The van der Waals surface area contributed by atoms with E-state index in [9.17, 15) is 14.4 Å². The van der Waals surface area contributed by atoms with Gasteiger partial charge in [0.15, 0.2) is 0 Å². The van der Waals surface area contributed by atoms with E-state index in [1.807, 2.05) is 6.92 Å². The summed E-state index contributed by atoms with van der Waals surface area (Å²) in [4.78, 5) is 39.3. The van der Waals surface area contributed by atoms with Crippen molar-refractivity contribution in [3.05, 3.63) is 52.7 Å². The Hall–Kier alpha value is -2.96. The van der Waals surface area contributed by atoms with Crippen molar-refractivity contribution >= 4 is 23.2 Å². The van der Waals surface area contributed by atoms with Crippen molar-refractivity contribution in [2.75, 3.05) is 10.6 Å². The second-order valence-corrected chi connectivity index (χ2v) is 5.41. The summed E-state index contributed by atoms with van der Waals surface area (Å²) >= 11 is 0. The van der Waals surface area contributed by atoms with E-state index in [2.05, 4.69) is 15.6 Å². The van der Waals surface area contributed by atoms with Crippen LogP contribution in [0.25, 0.3) is 0 Å². The molecule has 0 aliphatic carbocycles. The fraction of sp³-hybridized carbons (Fsp3) is 0.294. The quantitative estimate of drug-likeness (QED) is 0.845. The van der Waals surface area contributed by atoms with Gasteiger partial charge in [0, 0.05) is 30.1 Å². The van der Waals surface area contributed by atoms with E-state index in [1.165, 1.54) is 23.9 Å². The van der Waals surface area contributed by atoms with Crippen LogP contribution in [0.3, 0.4) is 0 Å². The molecule has 1 heterocycles. The Morgan fingerprint density at radius 3 is 2.50 bits per heavy atom. The Morgan fingerprint density at radius 2 is 1.88 bits per heavy atom. The minimum absolute atomic E-state index is 0.122. The summed E-state index contributed by atoms with van der Waals surface area (Å²) in [6.07, 6.45) is 3.03. The molecule has 7 heteroatoms. The molecule has 2 aromatic rings. The normalized spacial score (nSPS) is 10.2. The number of nitrogens with zero attached hydrogens (tertiary/aromatic N) is 2. The summed E-state index contributed by atoms with van der Waals surface area (Å²) in [6.45, 7) is 3.30. The molecule has 1 aromatic heterocycles. The summed E-state index contributed by atoms with van der Waals surface area (Å²) in [6, 6.07) is 8.24. The van der Waals surface area contributed by atoms with Gasteiger partial charge in [-0.15, -0.1) is 0 Å². The molecule has 0 aliphatic rings. The first-order chi connectivity index (χ1) is 11.5. The number of nitrogens with one attached hydrogen (secondary N) is 2. The third-order valence-electron chi connectivity index (χ3n) is 3.22. The summed E-state index contributed by atoms with van der Waals surface area (Å²) in [7, 11) is 0. The van der Waals surface area contributed by atoms with Crippen LogP contribution in [0.15, 0.2) is 41.5 Å². The average molecular weight is 328 g/mol. The van der Waals surface area contributed by atoms with Gasteiger partial charge in [0.25, 0.3) is 5.56 Å². The van der Waals surface area contributed by atoms with Gasteiger partial charge < -0.3 is 10.6 Å². The topological polar surface area (TPSA) is 93.1 Å². The van der Waals surface area contributed by atoms with Crippen molar-refractivity contribution < 1.29 is 9.59 Å². The first-order valence-corrected chi connectivity index (χ1v) is 7.71. The molecular weight excluding hydrogens is 308 g/mol. The molecule has 0 atom stereocenters. The Morgan fingerprint density at radius 1 is 1.17 bits per heavy atom. The predicted molar refractivity (Wildman–Crippen MR) is 91.9 cm³/mol. The minimum Gasteiger partial charge on any atom is -0.326 e. The van der Waals surface area contributed by atoms with Crippen molar-refractivity contribution in [3.63, 3.8) is 0 Å². The molecule has 1 aromatic carbocycles. The highest BCUT2D eigenvalue weighted by Gasteiger charge is 2.07. The number of hydrogen-bond acceptors (Lipinski definition) is 4. The Balaban J connectivity index is 2.03. The molecule has 2 rings (SSSR count). The minimum atomic E-state index is -0.345. The standard InChI is InChI=1S/C17H20N4O3/c1-3-5-13-9-17(24)21(11-18-13)10-16(23)20-15-7-4-6-14(8-15)19-12(2)22/h4,6-9,11H,3,5,10H2,1-2H3,(H,19,22)(H,20,23). The maximum absolute atomic E-state index is 12.1. The van der Waals surface area contributed by atoms with Crippen LogP contribution in [0.4, 0.5) is 11.4 Å². The predicted octanol–water partition coefficient (Wildman–Crippen LogP) is 1.79. The number of hydrogen-bond donors (Lipinski definition) is 2. The number of carbonyl (C=O) groups excluding carboxylic acids is 2. The molecule has 2 N–H and O–H groups in total. The van der Waals surface area contributed by atoms with Crippen molar-refractivity contribution in [1.82, 2.24) is 9.55 Å². The van der Waals surface area contributed by atoms with Gasteiger partial charge >= 0.3 is 0 Å². The SMILES string of the molecule is CCCc1cc(=O)n(CC(=O)Nc2cccc(NC(C)=O)c2)cn1. The van der Waals surface area contributed by atoms with Crippen LogP contribution in [-0.2, 0) is 22.6 Å². The van der Waals surface area contributed by atoms with Crippen LogP contribution in [0.1, 0.15) is 26.0 Å². The van der Waals surface area contributed by atoms with E-state index in [0.717, 1.165) is 18.5 Å². The molecule has 7 nitrogen and oxygen atoms in total. The van der Waals surface area contributed by atoms with Crippen LogP contribution in [0, 0.1) is 0 Å². The number of carbonyl (C=O) groups is 2. The van der Waals surface area contributed by atoms with Gasteiger partial charge in [-0.1, -0.05) is 19.4 Å². The molecule has 0 bridgehead atoms. The third kappa shape index (κ3) is 5.05. The zero-order valence-electron chi connectivity index (χ0n) is 13.7. The number of aromatic nitrogens is 2. The molecule has 0 aliphatic heterocycles. The highest BCUT2D eigenvalue weighted by molar-refractivity contribution is 5.93. The Labute approximate surface area is 139 Å². The summed E-state index contributed by atoms with van der Waals surface area (Å²) in [5.41, 5.74) is 1.59. The van der Waals surface area contributed by atoms with E-state index in [4.69, 9.17) is 0 Å². The lowest BCUT2D eigenvalue weighted by Gasteiger charge is -2.09. The molecule has 0 saturated heterocycles. The molecule has 0 radical (unpaired) electrons. The third-order valence-corrected chi connectivity index (χ3v) is 3.22. The molecule has 0 saturated carbocycles. The number of anilines is 2. The smallest absolute Gasteiger partial charge is 0.253 e. The number of benzene rings is 1. The second kappa shape index (κ2) is 8.05. The Bertz CT molecular complexity index is 798. The zero-order valence-corrected chi connectivity index (χ0v) is 13.7. The second-order valence-electron chi connectivity index (χ2n) is 5.41.